The molecule has 94 valence electrons. The molecular formula is C10H16N4O2S. The number of hydrogen-bond acceptors (Lipinski definition) is 6. The van der Waals surface area contributed by atoms with Crippen LogP contribution < -0.4 is 16.6 Å². The third kappa shape index (κ3) is 2.86. The van der Waals surface area contributed by atoms with Crippen LogP contribution in [-0.2, 0) is 9.84 Å². The zero-order valence-electron chi connectivity index (χ0n) is 9.60. The van der Waals surface area contributed by atoms with E-state index in [0.29, 0.717) is 18.1 Å². The van der Waals surface area contributed by atoms with Crippen molar-refractivity contribution in [3.8, 4) is 0 Å². The predicted molar refractivity (Wildman–Crippen MR) is 67.3 cm³/mol. The maximum Gasteiger partial charge on any atom is 0.152 e. The van der Waals surface area contributed by atoms with Gasteiger partial charge in [0.2, 0.25) is 0 Å². The number of hydrazine groups is 1. The van der Waals surface area contributed by atoms with Gasteiger partial charge in [0.05, 0.1) is 17.0 Å². The van der Waals surface area contributed by atoms with Gasteiger partial charge in [0.1, 0.15) is 11.6 Å². The molecule has 2 heterocycles. The molecule has 1 saturated heterocycles. The zero-order valence-corrected chi connectivity index (χ0v) is 10.4. The highest BCUT2D eigenvalue weighted by Crippen LogP contribution is 2.26. The quantitative estimate of drug-likeness (QED) is 0.533. The van der Waals surface area contributed by atoms with Crippen molar-refractivity contribution < 1.29 is 8.42 Å². The van der Waals surface area contributed by atoms with Gasteiger partial charge in [-0.3, -0.25) is 0 Å². The van der Waals surface area contributed by atoms with E-state index in [4.69, 9.17) is 5.84 Å². The van der Waals surface area contributed by atoms with Crippen molar-refractivity contribution >= 4 is 21.5 Å². The molecule has 17 heavy (non-hydrogen) atoms. The van der Waals surface area contributed by atoms with Gasteiger partial charge in [0.25, 0.3) is 0 Å². The van der Waals surface area contributed by atoms with Crippen LogP contribution in [0.2, 0.25) is 0 Å². The summed E-state index contributed by atoms with van der Waals surface area (Å²) in [6.45, 7) is 1.89. The Kier molecular flexibility index (Phi) is 2.96. The molecule has 0 aliphatic carbocycles. The second kappa shape index (κ2) is 4.15. The first-order valence-corrected chi connectivity index (χ1v) is 7.17. The first kappa shape index (κ1) is 12.1. The Morgan fingerprint density at radius 3 is 2.71 bits per heavy atom. The monoisotopic (exact) mass is 256 g/mol. The lowest BCUT2D eigenvalue weighted by molar-refractivity contribution is 0.572. The molecule has 0 radical (unpaired) electrons. The molecule has 0 amide bonds. The molecule has 1 aromatic heterocycles. The van der Waals surface area contributed by atoms with E-state index in [0.717, 1.165) is 0 Å². The molecule has 1 aliphatic heterocycles. The predicted octanol–water partition coefficient (Wildman–Crippen LogP) is 0.356. The first-order valence-electron chi connectivity index (χ1n) is 5.35. The fourth-order valence-electron chi connectivity index (χ4n) is 2.00. The SMILES string of the molecule is CC1(Nc2cccc(NN)n2)CCS(=O)(=O)C1. The fraction of sp³-hybridized carbons (Fsp3) is 0.500. The normalized spacial score (nSPS) is 26.7. The lowest BCUT2D eigenvalue weighted by atomic mass is 10.0. The molecule has 1 unspecified atom stereocenters. The number of rotatable bonds is 3. The summed E-state index contributed by atoms with van der Waals surface area (Å²) in [6, 6.07) is 5.33. The summed E-state index contributed by atoms with van der Waals surface area (Å²) >= 11 is 0. The van der Waals surface area contributed by atoms with Crippen LogP contribution in [0.5, 0.6) is 0 Å². The van der Waals surface area contributed by atoms with Crippen molar-refractivity contribution in [2.24, 2.45) is 5.84 Å². The van der Waals surface area contributed by atoms with Crippen molar-refractivity contribution in [3.63, 3.8) is 0 Å². The topological polar surface area (TPSA) is 97.1 Å². The smallest absolute Gasteiger partial charge is 0.152 e. The largest absolute Gasteiger partial charge is 0.364 e. The minimum Gasteiger partial charge on any atom is -0.364 e. The second-order valence-electron chi connectivity index (χ2n) is 4.58. The minimum absolute atomic E-state index is 0.141. The van der Waals surface area contributed by atoms with E-state index in [1.165, 1.54) is 0 Å². The summed E-state index contributed by atoms with van der Waals surface area (Å²) in [4.78, 5) is 4.21. The maximum atomic E-state index is 11.5. The molecular weight excluding hydrogens is 240 g/mol. The Morgan fingerprint density at radius 2 is 2.12 bits per heavy atom. The van der Waals surface area contributed by atoms with Gasteiger partial charge in [0, 0.05) is 0 Å². The van der Waals surface area contributed by atoms with Gasteiger partial charge < -0.3 is 10.7 Å². The van der Waals surface area contributed by atoms with Gasteiger partial charge >= 0.3 is 0 Å². The summed E-state index contributed by atoms with van der Waals surface area (Å²) in [6.07, 6.45) is 0.595. The number of sulfone groups is 1. The van der Waals surface area contributed by atoms with Crippen molar-refractivity contribution in [2.75, 3.05) is 22.2 Å². The Labute approximate surface area is 101 Å². The van der Waals surface area contributed by atoms with E-state index >= 15 is 0 Å². The molecule has 7 heteroatoms. The first-order chi connectivity index (χ1) is 7.92. The van der Waals surface area contributed by atoms with E-state index in [1.54, 1.807) is 18.2 Å². The highest BCUT2D eigenvalue weighted by molar-refractivity contribution is 7.91. The molecule has 0 aromatic carbocycles. The maximum absolute atomic E-state index is 11.5. The Balaban J connectivity index is 2.15. The van der Waals surface area contributed by atoms with Crippen LogP contribution in [0.4, 0.5) is 11.6 Å². The third-order valence-electron chi connectivity index (χ3n) is 2.83. The van der Waals surface area contributed by atoms with Crippen LogP contribution in [0.1, 0.15) is 13.3 Å². The summed E-state index contributed by atoms with van der Waals surface area (Å²) < 4.78 is 22.9. The number of nitrogen functional groups attached to an aromatic ring is 1. The van der Waals surface area contributed by atoms with Gasteiger partial charge in [-0.1, -0.05) is 6.07 Å². The summed E-state index contributed by atoms with van der Waals surface area (Å²) in [5.41, 5.74) is 2.01. The Bertz CT molecular complexity index is 517. The summed E-state index contributed by atoms with van der Waals surface area (Å²) in [5.74, 6) is 6.80. The molecule has 0 bridgehead atoms. The molecule has 1 aromatic rings. The average Bonchev–Trinajstić information content (AvgIpc) is 2.53. The third-order valence-corrected chi connectivity index (χ3v) is 4.73. The summed E-state index contributed by atoms with van der Waals surface area (Å²) in [5, 5.41) is 3.16. The molecule has 4 N–H and O–H groups in total. The van der Waals surface area contributed by atoms with Gasteiger partial charge in [-0.15, -0.1) is 0 Å². The Morgan fingerprint density at radius 1 is 1.41 bits per heavy atom. The van der Waals surface area contributed by atoms with Crippen LogP contribution in [0.15, 0.2) is 18.2 Å². The van der Waals surface area contributed by atoms with Gasteiger partial charge in [-0.05, 0) is 25.5 Å². The molecule has 0 saturated carbocycles. The highest BCUT2D eigenvalue weighted by Gasteiger charge is 2.38. The number of nitrogens with two attached hydrogens (primary N) is 1. The molecule has 2 rings (SSSR count). The number of hydrogen-bond donors (Lipinski definition) is 3. The summed E-state index contributed by atoms with van der Waals surface area (Å²) in [7, 11) is -2.92. The van der Waals surface area contributed by atoms with E-state index < -0.39 is 15.4 Å². The minimum atomic E-state index is -2.92. The van der Waals surface area contributed by atoms with E-state index in [9.17, 15) is 8.42 Å². The van der Waals surface area contributed by atoms with E-state index in [2.05, 4.69) is 15.7 Å². The lowest BCUT2D eigenvalue weighted by Crippen LogP contribution is -2.36. The molecule has 1 fully saturated rings. The van der Waals surface area contributed by atoms with Crippen molar-refractivity contribution in [3.05, 3.63) is 18.2 Å². The van der Waals surface area contributed by atoms with Crippen LogP contribution >= 0.6 is 0 Å². The van der Waals surface area contributed by atoms with Crippen LogP contribution in [0.25, 0.3) is 0 Å². The van der Waals surface area contributed by atoms with Crippen LogP contribution in [0.3, 0.4) is 0 Å². The standard InChI is InChI=1S/C10H16N4O2S/c1-10(5-6-17(15,16)7-10)13-8-3-2-4-9(12-8)14-11/h2-4H,5-7,11H2,1H3,(H2,12,13,14). The van der Waals surface area contributed by atoms with Crippen molar-refractivity contribution in [1.29, 1.82) is 0 Å². The molecule has 1 atom stereocenters. The van der Waals surface area contributed by atoms with E-state index in [-0.39, 0.29) is 11.5 Å². The highest BCUT2D eigenvalue weighted by atomic mass is 32.2. The van der Waals surface area contributed by atoms with Gasteiger partial charge in [-0.2, -0.15) is 0 Å². The molecule has 1 aliphatic rings. The van der Waals surface area contributed by atoms with Crippen LogP contribution in [0, 0.1) is 0 Å². The molecule has 0 spiro atoms. The zero-order chi connectivity index (χ0) is 12.5. The van der Waals surface area contributed by atoms with E-state index in [1.807, 2.05) is 6.92 Å². The average molecular weight is 256 g/mol. The second-order valence-corrected chi connectivity index (χ2v) is 6.76. The van der Waals surface area contributed by atoms with Gasteiger partial charge in [-0.25, -0.2) is 19.2 Å². The molecule has 6 nitrogen and oxygen atoms in total. The van der Waals surface area contributed by atoms with Gasteiger partial charge in [0.15, 0.2) is 9.84 Å². The lowest BCUT2D eigenvalue weighted by Gasteiger charge is -2.24. The van der Waals surface area contributed by atoms with Crippen molar-refractivity contribution in [2.45, 2.75) is 18.9 Å². The number of pyridine rings is 1. The number of nitrogens with zero attached hydrogens (tertiary/aromatic N) is 1. The van der Waals surface area contributed by atoms with Crippen LogP contribution in [-0.4, -0.2) is 30.4 Å². The fourth-order valence-corrected chi connectivity index (χ4v) is 4.10. The number of aromatic nitrogens is 1. The van der Waals surface area contributed by atoms with Crippen molar-refractivity contribution in [1.82, 2.24) is 4.98 Å². The number of nitrogens with one attached hydrogen (secondary N) is 2. The Hall–Kier alpha value is -1.34. The number of anilines is 2.